The van der Waals surface area contributed by atoms with E-state index in [9.17, 15) is 0 Å². The van der Waals surface area contributed by atoms with Crippen LogP contribution in [0.15, 0.2) is 60.8 Å². The van der Waals surface area contributed by atoms with Gasteiger partial charge in [0.2, 0.25) is 0 Å². The molecule has 0 spiro atoms. The first-order valence-corrected chi connectivity index (χ1v) is 9.24. The van der Waals surface area contributed by atoms with Crippen molar-refractivity contribution in [2.45, 2.75) is 45.4 Å². The smallest absolute Gasteiger partial charge is 0.399 e. The standard InChI is InChI=1S/C21H24BN3O2/c1-20(2)21(3,4)27-22(26-20)18-12-8-11-17(13-18)19-15-25(24-23-19)14-16-9-6-5-7-10-16/h5-13,15H,14H2,1-4H3. The van der Waals surface area contributed by atoms with Gasteiger partial charge in [-0.1, -0.05) is 59.8 Å². The summed E-state index contributed by atoms with van der Waals surface area (Å²) in [6, 6.07) is 18.4. The Bertz CT molecular complexity index is 921. The summed E-state index contributed by atoms with van der Waals surface area (Å²) in [5.41, 5.74) is 3.31. The van der Waals surface area contributed by atoms with Gasteiger partial charge in [-0.25, -0.2) is 4.68 Å². The van der Waals surface area contributed by atoms with Gasteiger partial charge in [-0.15, -0.1) is 5.10 Å². The fraction of sp³-hybridized carbons (Fsp3) is 0.333. The van der Waals surface area contributed by atoms with Crippen molar-refractivity contribution in [3.8, 4) is 11.3 Å². The third-order valence-electron chi connectivity index (χ3n) is 5.43. The molecule has 1 aliphatic rings. The number of hydrogen-bond donors (Lipinski definition) is 0. The van der Waals surface area contributed by atoms with Gasteiger partial charge < -0.3 is 9.31 Å². The van der Waals surface area contributed by atoms with E-state index in [1.54, 1.807) is 0 Å². The Kier molecular flexibility index (Phi) is 4.40. The second kappa shape index (κ2) is 6.62. The Morgan fingerprint density at radius 2 is 1.63 bits per heavy atom. The summed E-state index contributed by atoms with van der Waals surface area (Å²) in [5, 5.41) is 8.60. The van der Waals surface area contributed by atoms with Crippen molar-refractivity contribution < 1.29 is 9.31 Å². The van der Waals surface area contributed by atoms with Crippen molar-refractivity contribution in [1.29, 1.82) is 0 Å². The molecule has 1 aliphatic heterocycles. The number of nitrogens with zero attached hydrogens (tertiary/aromatic N) is 3. The second-order valence-corrected chi connectivity index (χ2v) is 8.00. The summed E-state index contributed by atoms with van der Waals surface area (Å²) in [6.45, 7) is 8.95. The number of hydrogen-bond acceptors (Lipinski definition) is 4. The molecular formula is C21H24BN3O2. The zero-order chi connectivity index (χ0) is 19.1. The maximum Gasteiger partial charge on any atom is 0.494 e. The van der Waals surface area contributed by atoms with Gasteiger partial charge >= 0.3 is 7.12 Å². The highest BCUT2D eigenvalue weighted by Gasteiger charge is 2.51. The minimum atomic E-state index is -0.380. The Morgan fingerprint density at radius 1 is 0.926 bits per heavy atom. The molecule has 138 valence electrons. The molecule has 1 fully saturated rings. The number of benzene rings is 2. The van der Waals surface area contributed by atoms with Gasteiger partial charge in [0, 0.05) is 5.56 Å². The molecule has 0 N–H and O–H groups in total. The van der Waals surface area contributed by atoms with Gasteiger partial charge in [0.25, 0.3) is 0 Å². The van der Waals surface area contributed by atoms with E-state index in [0.29, 0.717) is 6.54 Å². The highest BCUT2D eigenvalue weighted by molar-refractivity contribution is 6.62. The van der Waals surface area contributed by atoms with Crippen molar-refractivity contribution in [3.05, 3.63) is 66.4 Å². The van der Waals surface area contributed by atoms with Crippen molar-refractivity contribution >= 4 is 12.6 Å². The van der Waals surface area contributed by atoms with Crippen LogP contribution < -0.4 is 5.46 Å². The average Bonchev–Trinajstić information content (AvgIpc) is 3.18. The van der Waals surface area contributed by atoms with Crippen LogP contribution >= 0.6 is 0 Å². The lowest BCUT2D eigenvalue weighted by Gasteiger charge is -2.32. The molecular weight excluding hydrogens is 337 g/mol. The first-order chi connectivity index (χ1) is 12.8. The molecule has 0 saturated carbocycles. The Labute approximate surface area is 160 Å². The lowest BCUT2D eigenvalue weighted by molar-refractivity contribution is 0.00578. The summed E-state index contributed by atoms with van der Waals surface area (Å²) in [6.07, 6.45) is 1.97. The highest BCUT2D eigenvalue weighted by Crippen LogP contribution is 2.36. The molecule has 0 amide bonds. The third-order valence-corrected chi connectivity index (χ3v) is 5.43. The summed E-state index contributed by atoms with van der Waals surface area (Å²) in [4.78, 5) is 0. The van der Waals surface area contributed by atoms with Crippen LogP contribution in [0.1, 0.15) is 33.3 Å². The maximum absolute atomic E-state index is 6.16. The van der Waals surface area contributed by atoms with Gasteiger partial charge in [0.15, 0.2) is 0 Å². The van der Waals surface area contributed by atoms with Crippen molar-refractivity contribution in [3.63, 3.8) is 0 Å². The van der Waals surface area contributed by atoms with E-state index in [4.69, 9.17) is 9.31 Å². The third kappa shape index (κ3) is 3.55. The summed E-state index contributed by atoms with van der Waals surface area (Å²) in [7, 11) is -0.380. The molecule has 0 unspecified atom stereocenters. The largest absolute Gasteiger partial charge is 0.494 e. The number of aromatic nitrogens is 3. The van der Waals surface area contributed by atoms with Gasteiger partial charge in [-0.3, -0.25) is 0 Å². The minimum absolute atomic E-state index is 0.355. The van der Waals surface area contributed by atoms with Crippen LogP contribution in [-0.4, -0.2) is 33.3 Å². The van der Waals surface area contributed by atoms with Crippen LogP contribution in [0.4, 0.5) is 0 Å². The van der Waals surface area contributed by atoms with E-state index in [-0.39, 0.29) is 18.3 Å². The summed E-state index contributed by atoms with van der Waals surface area (Å²) >= 11 is 0. The molecule has 5 nitrogen and oxygen atoms in total. The van der Waals surface area contributed by atoms with Crippen LogP contribution in [0.2, 0.25) is 0 Å². The lowest BCUT2D eigenvalue weighted by atomic mass is 9.78. The Balaban J connectivity index is 1.55. The predicted molar refractivity (Wildman–Crippen MR) is 107 cm³/mol. The van der Waals surface area contributed by atoms with Crippen LogP contribution in [0.5, 0.6) is 0 Å². The summed E-state index contributed by atoms with van der Waals surface area (Å²) in [5.74, 6) is 0. The van der Waals surface area contributed by atoms with E-state index in [2.05, 4.69) is 56.2 Å². The minimum Gasteiger partial charge on any atom is -0.399 e. The number of rotatable bonds is 4. The molecule has 27 heavy (non-hydrogen) atoms. The molecule has 0 aliphatic carbocycles. The molecule has 2 heterocycles. The van der Waals surface area contributed by atoms with E-state index in [1.165, 1.54) is 5.56 Å². The van der Waals surface area contributed by atoms with Crippen molar-refractivity contribution in [1.82, 2.24) is 15.0 Å². The highest BCUT2D eigenvalue weighted by atomic mass is 16.7. The van der Waals surface area contributed by atoms with Crippen LogP contribution in [0.3, 0.4) is 0 Å². The molecule has 0 radical (unpaired) electrons. The first kappa shape index (κ1) is 18.0. The molecule has 1 aromatic heterocycles. The van der Waals surface area contributed by atoms with Gasteiger partial charge in [0.05, 0.1) is 23.9 Å². The fourth-order valence-electron chi connectivity index (χ4n) is 3.10. The normalized spacial score (nSPS) is 18.0. The zero-order valence-corrected chi connectivity index (χ0v) is 16.2. The molecule has 2 aromatic carbocycles. The van der Waals surface area contributed by atoms with E-state index >= 15 is 0 Å². The van der Waals surface area contributed by atoms with Gasteiger partial charge in [0.1, 0.15) is 5.69 Å². The molecule has 6 heteroatoms. The molecule has 0 bridgehead atoms. The average molecular weight is 361 g/mol. The van der Waals surface area contributed by atoms with Crippen LogP contribution in [0.25, 0.3) is 11.3 Å². The topological polar surface area (TPSA) is 49.2 Å². The van der Waals surface area contributed by atoms with Gasteiger partial charge in [-0.05, 0) is 38.7 Å². The van der Waals surface area contributed by atoms with Crippen molar-refractivity contribution in [2.24, 2.45) is 0 Å². The first-order valence-electron chi connectivity index (χ1n) is 9.24. The summed E-state index contributed by atoms with van der Waals surface area (Å²) < 4.78 is 14.2. The lowest BCUT2D eigenvalue weighted by Crippen LogP contribution is -2.41. The van der Waals surface area contributed by atoms with E-state index < -0.39 is 0 Å². The molecule has 3 aromatic rings. The predicted octanol–water partition coefficient (Wildman–Crippen LogP) is 3.29. The Morgan fingerprint density at radius 3 is 2.33 bits per heavy atom. The maximum atomic E-state index is 6.16. The molecule has 4 rings (SSSR count). The Hall–Kier alpha value is -2.44. The molecule has 0 atom stereocenters. The second-order valence-electron chi connectivity index (χ2n) is 8.00. The van der Waals surface area contributed by atoms with E-state index in [0.717, 1.165) is 16.7 Å². The molecule has 1 saturated heterocycles. The monoisotopic (exact) mass is 361 g/mol. The van der Waals surface area contributed by atoms with E-state index in [1.807, 2.05) is 47.3 Å². The van der Waals surface area contributed by atoms with Crippen LogP contribution in [0, 0.1) is 0 Å². The van der Waals surface area contributed by atoms with Gasteiger partial charge in [-0.2, -0.15) is 0 Å². The van der Waals surface area contributed by atoms with Crippen molar-refractivity contribution in [2.75, 3.05) is 0 Å². The fourth-order valence-corrected chi connectivity index (χ4v) is 3.10. The zero-order valence-electron chi connectivity index (χ0n) is 16.2. The quantitative estimate of drug-likeness (QED) is 0.669. The SMILES string of the molecule is CC1(C)OB(c2cccc(-c3cn(Cc4ccccc4)nn3)c2)OC1(C)C. The van der Waals surface area contributed by atoms with Crippen LogP contribution in [-0.2, 0) is 15.9 Å².